The van der Waals surface area contributed by atoms with Crippen molar-refractivity contribution >= 4 is 23.6 Å². The zero-order valence-electron chi connectivity index (χ0n) is 34.1. The van der Waals surface area contributed by atoms with E-state index >= 15 is 0 Å². The van der Waals surface area contributed by atoms with Crippen LogP contribution in [0, 0.1) is 0 Å². The lowest BCUT2D eigenvalue weighted by atomic mass is 9.81. The van der Waals surface area contributed by atoms with Gasteiger partial charge in [-0.2, -0.15) is 26.3 Å². The Morgan fingerprint density at radius 1 is 0.763 bits per heavy atom. The van der Waals surface area contributed by atoms with Crippen molar-refractivity contribution in [2.75, 3.05) is 53.6 Å². The van der Waals surface area contributed by atoms with Crippen LogP contribution in [0.5, 0.6) is 5.75 Å². The van der Waals surface area contributed by atoms with Crippen molar-refractivity contribution < 1.29 is 40.7 Å². The molecule has 2 saturated heterocycles. The number of alkyl halides is 6. The standard InChI is InChI=1S/C23H27F3N2O.C21H24F3N3O2S/c1-16(2)20-14-18(23(24,25)26)10-11-19(20)21(29)27-22(12-7-13-28(3)15-22)17-8-5-4-6-9-17;1-27-10-4-7-20(13-27,14-5-8-25-9-6-14)26-19(28)18-16(29-2)11-15(21(22,23)24)12-17(18)30-3/h4-6,8-11,14,16H,7,12-13,15H2,1-3H3,(H,27,29);5-6,8-9,11-12H,4,7,10,13H2,1-3H3,(H,26,28). The van der Waals surface area contributed by atoms with Crippen molar-refractivity contribution in [3.63, 3.8) is 0 Å². The Morgan fingerprint density at radius 3 is 1.80 bits per heavy atom. The van der Waals surface area contributed by atoms with E-state index in [2.05, 4.69) is 25.4 Å². The molecule has 6 rings (SSSR count). The number of carbonyl (C=O) groups is 2. The molecule has 15 heteroatoms. The van der Waals surface area contributed by atoms with E-state index in [1.54, 1.807) is 32.5 Å². The number of nitrogens with zero attached hydrogens (tertiary/aromatic N) is 3. The average Bonchev–Trinajstić information content (AvgIpc) is 3.20. The molecule has 59 heavy (non-hydrogen) atoms. The van der Waals surface area contributed by atoms with Gasteiger partial charge in [0.1, 0.15) is 5.75 Å². The number of methoxy groups -OCH3 is 1. The first-order valence-corrected chi connectivity index (χ1v) is 20.6. The minimum absolute atomic E-state index is 0.0966. The van der Waals surface area contributed by atoms with Gasteiger partial charge in [0.05, 0.1) is 34.9 Å². The maximum absolute atomic E-state index is 13.4. The number of halogens is 6. The Bertz CT molecular complexity index is 2040. The summed E-state index contributed by atoms with van der Waals surface area (Å²) in [4.78, 5) is 35.2. The molecule has 3 aromatic carbocycles. The lowest BCUT2D eigenvalue weighted by Crippen LogP contribution is -2.55. The molecule has 2 aliphatic rings. The lowest BCUT2D eigenvalue weighted by Gasteiger charge is -2.42. The Morgan fingerprint density at radius 2 is 1.31 bits per heavy atom. The van der Waals surface area contributed by atoms with Gasteiger partial charge in [0.15, 0.2) is 0 Å². The number of ether oxygens (including phenoxy) is 1. The maximum atomic E-state index is 13.4. The third-order valence-corrected chi connectivity index (χ3v) is 11.7. The van der Waals surface area contributed by atoms with Crippen LogP contribution in [0.25, 0.3) is 0 Å². The molecule has 0 radical (unpaired) electrons. The second kappa shape index (κ2) is 18.8. The van der Waals surface area contributed by atoms with Gasteiger partial charge >= 0.3 is 12.4 Å². The predicted molar refractivity (Wildman–Crippen MR) is 218 cm³/mol. The molecule has 0 spiro atoms. The van der Waals surface area contributed by atoms with Crippen LogP contribution in [0.2, 0.25) is 0 Å². The van der Waals surface area contributed by atoms with Crippen LogP contribution in [0.3, 0.4) is 0 Å². The van der Waals surface area contributed by atoms with E-state index in [1.165, 1.54) is 13.2 Å². The zero-order valence-corrected chi connectivity index (χ0v) is 34.9. The van der Waals surface area contributed by atoms with E-state index in [0.717, 1.165) is 79.5 Å². The van der Waals surface area contributed by atoms with E-state index in [4.69, 9.17) is 4.74 Å². The highest BCUT2D eigenvalue weighted by atomic mass is 32.2. The van der Waals surface area contributed by atoms with Gasteiger partial charge in [-0.15, -0.1) is 11.8 Å². The summed E-state index contributed by atoms with van der Waals surface area (Å²) >= 11 is 1.08. The Labute approximate surface area is 346 Å². The second-order valence-electron chi connectivity index (χ2n) is 15.6. The number of benzene rings is 3. The van der Waals surface area contributed by atoms with Crippen LogP contribution in [0.1, 0.15) is 94.0 Å². The highest BCUT2D eigenvalue weighted by Gasteiger charge is 2.41. The van der Waals surface area contributed by atoms with Gasteiger partial charge in [-0.05, 0) is 124 Å². The number of thioether (sulfide) groups is 1. The quantitative estimate of drug-likeness (QED) is 0.128. The van der Waals surface area contributed by atoms with Gasteiger partial charge in [-0.1, -0.05) is 44.2 Å². The van der Waals surface area contributed by atoms with E-state index in [-0.39, 0.29) is 28.0 Å². The first-order valence-electron chi connectivity index (χ1n) is 19.3. The van der Waals surface area contributed by atoms with E-state index in [1.807, 2.05) is 56.6 Å². The summed E-state index contributed by atoms with van der Waals surface area (Å²) in [5.41, 5.74) is -0.0687. The monoisotopic (exact) mass is 843 g/mol. The summed E-state index contributed by atoms with van der Waals surface area (Å²) in [5, 5.41) is 6.31. The summed E-state index contributed by atoms with van der Waals surface area (Å²) in [6.07, 6.45) is -0.691. The number of likely N-dealkylation sites (N-methyl/N-ethyl adjacent to an activating group) is 2. The number of pyridine rings is 1. The fraction of sp³-hybridized carbons (Fsp3) is 0.432. The minimum atomic E-state index is -4.53. The molecular weight excluding hydrogens is 793 g/mol. The molecule has 2 amide bonds. The van der Waals surface area contributed by atoms with Crippen molar-refractivity contribution in [2.24, 2.45) is 0 Å². The van der Waals surface area contributed by atoms with Crippen molar-refractivity contribution in [3.8, 4) is 5.75 Å². The van der Waals surface area contributed by atoms with Crippen LogP contribution >= 0.6 is 11.8 Å². The lowest BCUT2D eigenvalue weighted by molar-refractivity contribution is -0.138. The van der Waals surface area contributed by atoms with E-state index in [0.29, 0.717) is 30.6 Å². The molecule has 2 unspecified atom stereocenters. The van der Waals surface area contributed by atoms with Crippen molar-refractivity contribution in [2.45, 2.75) is 73.8 Å². The molecule has 2 N–H and O–H groups in total. The third-order valence-electron chi connectivity index (χ3n) is 10.9. The van der Waals surface area contributed by atoms with E-state index < -0.39 is 40.5 Å². The number of amides is 2. The van der Waals surface area contributed by atoms with Crippen molar-refractivity contribution in [1.29, 1.82) is 0 Å². The van der Waals surface area contributed by atoms with Crippen LogP contribution in [0.15, 0.2) is 90.1 Å². The number of carbonyl (C=O) groups excluding carboxylic acids is 2. The number of hydrogen-bond donors (Lipinski definition) is 2. The van der Waals surface area contributed by atoms with Crippen LogP contribution in [-0.2, 0) is 23.4 Å². The van der Waals surface area contributed by atoms with Crippen molar-refractivity contribution in [1.82, 2.24) is 25.4 Å². The first-order chi connectivity index (χ1) is 27.8. The minimum Gasteiger partial charge on any atom is -0.496 e. The number of nitrogens with one attached hydrogen (secondary N) is 2. The molecule has 1 aromatic heterocycles. The van der Waals surface area contributed by atoms with Gasteiger partial charge in [0, 0.05) is 35.9 Å². The van der Waals surface area contributed by atoms with Gasteiger partial charge in [0.25, 0.3) is 11.8 Å². The Balaban J connectivity index is 0.000000224. The molecule has 318 valence electrons. The predicted octanol–water partition coefficient (Wildman–Crippen LogP) is 9.36. The van der Waals surface area contributed by atoms with Crippen LogP contribution in [-0.4, -0.2) is 80.2 Å². The fourth-order valence-corrected chi connectivity index (χ4v) is 8.72. The molecule has 2 atom stereocenters. The smallest absolute Gasteiger partial charge is 0.416 e. The SMILES string of the molecule is CC(C)c1cc(C(F)(F)F)ccc1C(=O)NC1(c2ccccc2)CCCN(C)C1.COc1cc(C(F)(F)F)cc(SC)c1C(=O)NC1(c2ccncc2)CCCN(C)C1. The van der Waals surface area contributed by atoms with Gasteiger partial charge < -0.3 is 25.2 Å². The summed E-state index contributed by atoms with van der Waals surface area (Å²) in [7, 11) is 5.26. The zero-order chi connectivity index (χ0) is 43.2. The fourth-order valence-electron chi connectivity index (χ4n) is 8.07. The normalized spacial score (nSPS) is 20.4. The molecule has 3 heterocycles. The maximum Gasteiger partial charge on any atom is 0.416 e. The number of likely N-dealkylation sites (tertiary alicyclic amines) is 2. The molecule has 8 nitrogen and oxygen atoms in total. The third kappa shape index (κ3) is 10.8. The molecule has 0 bridgehead atoms. The van der Waals surface area contributed by atoms with Gasteiger partial charge in [0.2, 0.25) is 0 Å². The number of rotatable bonds is 9. The summed E-state index contributed by atoms with van der Waals surface area (Å²) in [6, 6.07) is 18.8. The van der Waals surface area contributed by atoms with Crippen LogP contribution in [0.4, 0.5) is 26.3 Å². The average molecular weight is 844 g/mol. The number of piperidine rings is 2. The van der Waals surface area contributed by atoms with Gasteiger partial charge in [-0.3, -0.25) is 14.6 Å². The molecule has 2 fully saturated rings. The topological polar surface area (TPSA) is 86.8 Å². The molecule has 2 aliphatic heterocycles. The molecule has 4 aromatic rings. The second-order valence-corrected chi connectivity index (χ2v) is 16.4. The number of hydrogen-bond acceptors (Lipinski definition) is 7. The summed E-state index contributed by atoms with van der Waals surface area (Å²) < 4.78 is 84.5. The van der Waals surface area contributed by atoms with E-state index in [9.17, 15) is 35.9 Å². The molecule has 0 saturated carbocycles. The highest BCUT2D eigenvalue weighted by Crippen LogP contribution is 2.40. The molecule has 0 aliphatic carbocycles. The van der Waals surface area contributed by atoms with Crippen molar-refractivity contribution in [3.05, 3.63) is 124 Å². The number of aromatic nitrogens is 1. The summed E-state index contributed by atoms with van der Waals surface area (Å²) in [5.74, 6) is -1.10. The summed E-state index contributed by atoms with van der Waals surface area (Å²) in [6.45, 7) is 6.69. The largest absolute Gasteiger partial charge is 0.496 e. The first kappa shape index (κ1) is 45.5. The Kier molecular flexibility index (Phi) is 14.5. The molecular formula is C44H51F6N5O3S. The van der Waals surface area contributed by atoms with Crippen LogP contribution < -0.4 is 15.4 Å². The highest BCUT2D eigenvalue weighted by molar-refractivity contribution is 7.98. The van der Waals surface area contributed by atoms with Gasteiger partial charge in [-0.25, -0.2) is 0 Å². The Hall–Kier alpha value is -4.60.